The number of carbonyl (C=O) groups is 3. The van der Waals surface area contributed by atoms with Crippen molar-refractivity contribution in [1.82, 2.24) is 0 Å². The minimum Gasteiger partial charge on any atom is -0.550 e. The Labute approximate surface area is 116 Å². The largest absolute Gasteiger partial charge is 0.550 e. The Morgan fingerprint density at radius 1 is 1.26 bits per heavy atom. The van der Waals surface area contributed by atoms with Crippen LogP contribution in [0.2, 0.25) is 0 Å². The summed E-state index contributed by atoms with van der Waals surface area (Å²) in [6, 6.07) is 0. The zero-order valence-corrected chi connectivity index (χ0v) is 12.0. The number of hydrogen-bond donors (Lipinski definition) is 3. The minimum absolute atomic E-state index is 0.0195. The molecule has 7 nitrogen and oxygen atoms in total. The number of aliphatic carboxylic acids is 2. The van der Waals surface area contributed by atoms with E-state index in [9.17, 15) is 24.6 Å². The molecule has 2 unspecified atom stereocenters. The average Bonchev–Trinajstić information content (AvgIpc) is 2.22. The summed E-state index contributed by atoms with van der Waals surface area (Å²) in [5.74, 6) is -3.67. The number of ketones is 1. The average molecular weight is 293 g/mol. The third kappa shape index (κ3) is 5.17. The molecule has 0 fully saturated rings. The molecule has 0 bridgehead atoms. The molecule has 0 aromatic heterocycles. The fourth-order valence-corrected chi connectivity index (χ4v) is 1.87. The first-order valence-corrected chi connectivity index (χ1v) is 6.09. The molecule has 2 atom stereocenters. The Morgan fingerprint density at radius 3 is 2.05 bits per heavy atom. The fourth-order valence-electron chi connectivity index (χ4n) is 1.63. The fraction of sp³-hybridized carbons (Fsp3) is 0.727. The van der Waals surface area contributed by atoms with Gasteiger partial charge in [0, 0.05) is 18.8 Å². The monoisotopic (exact) mass is 293 g/mol. The molecular weight excluding hydrogens is 274 g/mol. The van der Waals surface area contributed by atoms with Crippen molar-refractivity contribution in [3.05, 3.63) is 0 Å². The zero-order chi connectivity index (χ0) is 15.4. The number of quaternary nitrogens is 1. The van der Waals surface area contributed by atoms with E-state index in [-0.39, 0.29) is 4.48 Å². The van der Waals surface area contributed by atoms with Crippen molar-refractivity contribution in [2.45, 2.75) is 30.2 Å². The van der Waals surface area contributed by atoms with Gasteiger partial charge < -0.3 is 24.6 Å². The van der Waals surface area contributed by atoms with E-state index in [0.29, 0.717) is 0 Å². The lowest BCUT2D eigenvalue weighted by Gasteiger charge is -2.40. The molecule has 0 aliphatic carbocycles. The Balaban J connectivity index is 5.22. The van der Waals surface area contributed by atoms with Gasteiger partial charge in [0.2, 0.25) is 0 Å². The van der Waals surface area contributed by atoms with Crippen LogP contribution in [-0.4, -0.2) is 64.5 Å². The maximum atomic E-state index is 11.9. The SMILES string of the molecule is C[N+](C)(C)C(S)C(O)(CC(=O)[O-])C(=O)CCC(=O)O. The topological polar surface area (TPSA) is 115 Å². The highest BCUT2D eigenvalue weighted by atomic mass is 32.1. The van der Waals surface area contributed by atoms with Crippen molar-refractivity contribution in [2.24, 2.45) is 0 Å². The van der Waals surface area contributed by atoms with Crippen LogP contribution in [0.25, 0.3) is 0 Å². The number of carboxylic acids is 2. The normalized spacial score (nSPS) is 16.5. The highest BCUT2D eigenvalue weighted by molar-refractivity contribution is 7.80. The van der Waals surface area contributed by atoms with Crippen molar-refractivity contribution in [1.29, 1.82) is 0 Å². The van der Waals surface area contributed by atoms with Gasteiger partial charge in [-0.1, -0.05) is 0 Å². The Hall–Kier alpha value is -1.12. The van der Waals surface area contributed by atoms with Gasteiger partial charge in [-0.3, -0.25) is 9.59 Å². The van der Waals surface area contributed by atoms with Crippen LogP contribution < -0.4 is 5.11 Å². The second kappa shape index (κ2) is 6.36. The second-order valence-corrected chi connectivity index (χ2v) is 5.77. The number of nitrogens with zero attached hydrogens (tertiary/aromatic N) is 1. The van der Waals surface area contributed by atoms with Crippen LogP contribution in [0.4, 0.5) is 0 Å². The lowest BCUT2D eigenvalue weighted by Crippen LogP contribution is -2.61. The molecule has 0 aliphatic rings. The van der Waals surface area contributed by atoms with Crippen molar-refractivity contribution in [3.8, 4) is 0 Å². The van der Waals surface area contributed by atoms with E-state index in [4.69, 9.17) is 5.11 Å². The first-order chi connectivity index (χ1) is 8.41. The third-order valence-electron chi connectivity index (χ3n) is 2.62. The van der Waals surface area contributed by atoms with Gasteiger partial charge >= 0.3 is 5.97 Å². The minimum atomic E-state index is -2.27. The molecule has 110 valence electrons. The van der Waals surface area contributed by atoms with Gasteiger partial charge in [-0.2, -0.15) is 0 Å². The highest BCUT2D eigenvalue weighted by Gasteiger charge is 2.48. The molecule has 0 saturated carbocycles. The molecule has 0 aromatic rings. The van der Waals surface area contributed by atoms with Gasteiger partial charge in [-0.25, -0.2) is 0 Å². The van der Waals surface area contributed by atoms with Crippen molar-refractivity contribution < 1.29 is 34.2 Å². The molecule has 0 radical (unpaired) electrons. The van der Waals surface area contributed by atoms with Gasteiger partial charge in [0.05, 0.1) is 27.6 Å². The number of carbonyl (C=O) groups excluding carboxylic acids is 2. The van der Waals surface area contributed by atoms with Gasteiger partial charge in [0.25, 0.3) is 0 Å². The zero-order valence-electron chi connectivity index (χ0n) is 11.1. The summed E-state index contributed by atoms with van der Waals surface area (Å²) in [6.45, 7) is 0. The van der Waals surface area contributed by atoms with Crippen molar-refractivity contribution >= 4 is 30.4 Å². The number of hydrogen-bond acceptors (Lipinski definition) is 6. The second-order valence-electron chi connectivity index (χ2n) is 5.28. The number of carboxylic acid groups (broad SMARTS) is 2. The lowest BCUT2D eigenvalue weighted by atomic mass is 9.90. The number of aliphatic hydroxyl groups is 1. The van der Waals surface area contributed by atoms with Gasteiger partial charge in [0.1, 0.15) is 0 Å². The first kappa shape index (κ1) is 17.9. The Bertz CT molecular complexity index is 378. The van der Waals surface area contributed by atoms with Gasteiger partial charge in [-0.15, -0.1) is 12.6 Å². The lowest BCUT2D eigenvalue weighted by molar-refractivity contribution is -0.886. The van der Waals surface area contributed by atoms with Crippen molar-refractivity contribution in [2.75, 3.05) is 21.1 Å². The number of likely N-dealkylation sites (N-methyl/N-ethyl adjacent to an activating group) is 1. The Kier molecular flexibility index (Phi) is 5.98. The standard InChI is InChI=1S/C11H19NO6S/c1-12(2,3)10(19)11(18,6-9(16)17)7(13)4-5-8(14)15/h10,18H,4-6H2,1-3H3,(H2-,14,15,16,17,19). The molecule has 0 amide bonds. The molecule has 8 heteroatoms. The van der Waals surface area contributed by atoms with E-state index in [1.165, 1.54) is 0 Å². The molecule has 0 saturated heterocycles. The van der Waals surface area contributed by atoms with Crippen LogP contribution in [-0.2, 0) is 14.4 Å². The molecule has 2 N–H and O–H groups in total. The van der Waals surface area contributed by atoms with Crippen LogP contribution in [0.5, 0.6) is 0 Å². The summed E-state index contributed by atoms with van der Waals surface area (Å²) in [5, 5.41) is 28.5. The van der Waals surface area contributed by atoms with Gasteiger partial charge in [-0.05, 0) is 0 Å². The molecule has 0 spiro atoms. The van der Waals surface area contributed by atoms with E-state index < -0.39 is 48.0 Å². The van der Waals surface area contributed by atoms with E-state index in [1.807, 2.05) is 0 Å². The van der Waals surface area contributed by atoms with Crippen LogP contribution in [0, 0.1) is 0 Å². The maximum absolute atomic E-state index is 11.9. The summed E-state index contributed by atoms with van der Waals surface area (Å²) in [7, 11) is 4.88. The van der Waals surface area contributed by atoms with Crippen LogP contribution >= 0.6 is 12.6 Å². The molecule has 0 rings (SSSR count). The number of Topliss-reactive ketones (excluding diaryl/α,β-unsaturated/α-hetero) is 1. The summed E-state index contributed by atoms with van der Waals surface area (Å²) in [6.07, 6.45) is -1.86. The van der Waals surface area contributed by atoms with Crippen LogP contribution in [0.15, 0.2) is 0 Å². The summed E-state index contributed by atoms with van der Waals surface area (Å²) in [4.78, 5) is 33.1. The highest BCUT2D eigenvalue weighted by Crippen LogP contribution is 2.28. The molecule has 0 aliphatic heterocycles. The van der Waals surface area contributed by atoms with E-state index >= 15 is 0 Å². The maximum Gasteiger partial charge on any atom is 0.303 e. The Morgan fingerprint density at radius 2 is 1.74 bits per heavy atom. The summed E-state index contributed by atoms with van der Waals surface area (Å²) in [5.41, 5.74) is -2.27. The van der Waals surface area contributed by atoms with E-state index in [2.05, 4.69) is 12.6 Å². The van der Waals surface area contributed by atoms with Crippen molar-refractivity contribution in [3.63, 3.8) is 0 Å². The molecule has 0 heterocycles. The summed E-state index contributed by atoms with van der Waals surface area (Å²) < 4.78 is 0.0195. The van der Waals surface area contributed by atoms with Crippen LogP contribution in [0.1, 0.15) is 19.3 Å². The summed E-state index contributed by atoms with van der Waals surface area (Å²) >= 11 is 4.11. The first-order valence-electron chi connectivity index (χ1n) is 5.57. The van der Waals surface area contributed by atoms with Crippen LogP contribution in [0.3, 0.4) is 0 Å². The number of thiol groups is 1. The van der Waals surface area contributed by atoms with Gasteiger partial charge in [0.15, 0.2) is 16.8 Å². The molecular formula is C11H19NO6S. The quantitative estimate of drug-likeness (QED) is 0.278. The molecule has 19 heavy (non-hydrogen) atoms. The van der Waals surface area contributed by atoms with E-state index in [1.54, 1.807) is 21.1 Å². The smallest absolute Gasteiger partial charge is 0.303 e. The van der Waals surface area contributed by atoms with E-state index in [0.717, 1.165) is 0 Å². The number of rotatable bonds is 8. The third-order valence-corrected chi connectivity index (χ3v) is 3.74. The predicted octanol–water partition coefficient (Wildman–Crippen LogP) is -1.75. The molecule has 0 aromatic carbocycles. The predicted molar refractivity (Wildman–Crippen MR) is 67.3 cm³/mol.